The summed E-state index contributed by atoms with van der Waals surface area (Å²) in [5, 5.41) is 28.6. The molecule has 0 aromatic rings. The van der Waals surface area contributed by atoms with E-state index in [0.29, 0.717) is 0 Å². The van der Waals surface area contributed by atoms with E-state index in [1.165, 1.54) is 0 Å². The predicted molar refractivity (Wildman–Crippen MR) is 42.3 cm³/mol. The Kier molecular flexibility index (Phi) is 7.83. The monoisotopic (exact) mass is 163 g/mol. The van der Waals surface area contributed by atoms with Crippen LogP contribution in [0, 0.1) is 0 Å². The number of rotatable bonds is 7. The molecule has 4 N–H and O–H groups in total. The molecule has 0 radical (unpaired) electrons. The van der Waals surface area contributed by atoms with Gasteiger partial charge in [-0.1, -0.05) is 0 Å². The van der Waals surface area contributed by atoms with Crippen molar-refractivity contribution in [2.45, 2.75) is 18.9 Å². The first-order valence-electron chi connectivity index (χ1n) is 3.91. The van der Waals surface area contributed by atoms with Crippen molar-refractivity contribution in [2.75, 3.05) is 26.4 Å². The molecule has 4 nitrogen and oxygen atoms in total. The van der Waals surface area contributed by atoms with Gasteiger partial charge in [0.2, 0.25) is 0 Å². The molecule has 0 amide bonds. The van der Waals surface area contributed by atoms with Gasteiger partial charge < -0.3 is 20.6 Å². The quantitative estimate of drug-likeness (QED) is 0.352. The third-order valence-corrected chi connectivity index (χ3v) is 1.46. The van der Waals surface area contributed by atoms with Crippen molar-refractivity contribution in [2.24, 2.45) is 0 Å². The molecular formula is C7H17NO3. The van der Waals surface area contributed by atoms with Crippen molar-refractivity contribution in [3.63, 3.8) is 0 Å². The van der Waals surface area contributed by atoms with Gasteiger partial charge in [0.25, 0.3) is 0 Å². The summed E-state index contributed by atoms with van der Waals surface area (Å²) in [7, 11) is 0. The molecule has 0 aliphatic rings. The zero-order valence-electron chi connectivity index (χ0n) is 6.66. The van der Waals surface area contributed by atoms with Crippen LogP contribution in [0.1, 0.15) is 12.8 Å². The van der Waals surface area contributed by atoms with Gasteiger partial charge in [0.15, 0.2) is 0 Å². The molecule has 4 heteroatoms. The molecular weight excluding hydrogens is 146 g/mol. The molecule has 0 bridgehead atoms. The van der Waals surface area contributed by atoms with Crippen LogP contribution in [-0.2, 0) is 0 Å². The third-order valence-electron chi connectivity index (χ3n) is 1.46. The van der Waals surface area contributed by atoms with Crippen LogP contribution in [0.15, 0.2) is 0 Å². The topological polar surface area (TPSA) is 72.7 Å². The van der Waals surface area contributed by atoms with Crippen LogP contribution in [0.3, 0.4) is 0 Å². The Morgan fingerprint density at radius 1 is 1.00 bits per heavy atom. The summed E-state index contributed by atoms with van der Waals surface area (Å²) in [6, 6.07) is -0.214. The maximum atomic E-state index is 8.61. The summed E-state index contributed by atoms with van der Waals surface area (Å²) >= 11 is 0. The maximum Gasteiger partial charge on any atom is 0.0607 e. The van der Waals surface area contributed by atoms with Gasteiger partial charge in [-0.3, -0.25) is 0 Å². The van der Waals surface area contributed by atoms with Crippen LogP contribution in [0.4, 0.5) is 0 Å². The second-order valence-electron chi connectivity index (χ2n) is 2.45. The van der Waals surface area contributed by atoms with Crippen molar-refractivity contribution in [3.05, 3.63) is 0 Å². The van der Waals surface area contributed by atoms with Gasteiger partial charge in [0.05, 0.1) is 19.3 Å². The summed E-state index contributed by atoms with van der Waals surface area (Å²) in [6.07, 6.45) is 1.63. The fraction of sp³-hybridized carbons (Fsp3) is 1.00. The van der Waals surface area contributed by atoms with Crippen LogP contribution in [0.25, 0.3) is 0 Å². The first-order chi connectivity index (χ1) is 5.35. The Balaban J connectivity index is 3.07. The average molecular weight is 163 g/mol. The number of nitrogens with one attached hydrogen (secondary N) is 1. The van der Waals surface area contributed by atoms with Gasteiger partial charge in [-0.2, -0.15) is 0 Å². The van der Waals surface area contributed by atoms with Crippen LogP contribution in [-0.4, -0.2) is 47.7 Å². The van der Waals surface area contributed by atoms with E-state index in [0.717, 1.165) is 19.4 Å². The normalized spacial score (nSPS) is 10.9. The summed E-state index contributed by atoms with van der Waals surface area (Å²) in [6.45, 7) is 0.836. The Bertz CT molecular complexity index is 76.1. The minimum atomic E-state index is -0.214. The lowest BCUT2D eigenvalue weighted by Gasteiger charge is -2.12. The molecule has 0 rings (SSSR count). The van der Waals surface area contributed by atoms with E-state index in [-0.39, 0.29) is 25.9 Å². The minimum absolute atomic E-state index is 0.0460. The minimum Gasteiger partial charge on any atom is -0.396 e. The van der Waals surface area contributed by atoms with Crippen LogP contribution < -0.4 is 5.32 Å². The largest absolute Gasteiger partial charge is 0.396 e. The highest BCUT2D eigenvalue weighted by Crippen LogP contribution is 1.86. The highest BCUT2D eigenvalue weighted by atomic mass is 16.3. The number of hydrogen-bond acceptors (Lipinski definition) is 4. The fourth-order valence-electron chi connectivity index (χ4n) is 0.730. The van der Waals surface area contributed by atoms with E-state index in [1.54, 1.807) is 0 Å². The lowest BCUT2D eigenvalue weighted by Crippen LogP contribution is -2.36. The summed E-state index contributed by atoms with van der Waals surface area (Å²) < 4.78 is 0. The summed E-state index contributed by atoms with van der Waals surface area (Å²) in [4.78, 5) is 0. The number of aliphatic hydroxyl groups is 3. The molecule has 0 aromatic heterocycles. The highest BCUT2D eigenvalue weighted by molar-refractivity contribution is 4.62. The second kappa shape index (κ2) is 7.94. The molecule has 0 saturated carbocycles. The second-order valence-corrected chi connectivity index (χ2v) is 2.45. The van der Waals surface area contributed by atoms with E-state index in [4.69, 9.17) is 15.3 Å². The lowest BCUT2D eigenvalue weighted by atomic mass is 10.3. The zero-order valence-corrected chi connectivity index (χ0v) is 6.66. The van der Waals surface area contributed by atoms with Gasteiger partial charge in [-0.25, -0.2) is 0 Å². The van der Waals surface area contributed by atoms with Gasteiger partial charge >= 0.3 is 0 Å². The Morgan fingerprint density at radius 3 is 2.09 bits per heavy atom. The molecule has 0 aliphatic carbocycles. The number of aliphatic hydroxyl groups excluding tert-OH is 3. The Hall–Kier alpha value is -0.160. The van der Waals surface area contributed by atoms with Gasteiger partial charge in [-0.15, -0.1) is 0 Å². The Labute approximate surface area is 66.9 Å². The molecule has 0 aromatic carbocycles. The number of unbranched alkanes of at least 4 members (excludes halogenated alkanes) is 1. The van der Waals surface area contributed by atoms with E-state index in [1.807, 2.05) is 0 Å². The smallest absolute Gasteiger partial charge is 0.0607 e. The van der Waals surface area contributed by atoms with Crippen LogP contribution >= 0.6 is 0 Å². The molecule has 0 heterocycles. The molecule has 0 saturated heterocycles. The molecule has 68 valence electrons. The van der Waals surface area contributed by atoms with Crippen molar-refractivity contribution < 1.29 is 15.3 Å². The zero-order chi connectivity index (χ0) is 8.53. The molecule has 0 unspecified atom stereocenters. The van der Waals surface area contributed by atoms with Crippen LogP contribution in [0.5, 0.6) is 0 Å². The molecule has 0 atom stereocenters. The van der Waals surface area contributed by atoms with Gasteiger partial charge in [-0.05, 0) is 19.4 Å². The van der Waals surface area contributed by atoms with Crippen LogP contribution in [0.2, 0.25) is 0 Å². The standard InChI is InChI=1S/C7H17NO3/c9-4-2-1-3-8-7(5-10)6-11/h7-11H,1-6H2. The van der Waals surface area contributed by atoms with E-state index >= 15 is 0 Å². The van der Waals surface area contributed by atoms with Gasteiger partial charge in [0.1, 0.15) is 0 Å². The predicted octanol–water partition coefficient (Wildman–Crippen LogP) is -1.30. The first-order valence-corrected chi connectivity index (χ1v) is 3.91. The van der Waals surface area contributed by atoms with Gasteiger partial charge in [0, 0.05) is 6.61 Å². The van der Waals surface area contributed by atoms with E-state index in [9.17, 15) is 0 Å². The molecule has 0 aliphatic heterocycles. The molecule has 0 fully saturated rings. The van der Waals surface area contributed by atoms with Crippen molar-refractivity contribution in [1.29, 1.82) is 0 Å². The molecule has 11 heavy (non-hydrogen) atoms. The highest BCUT2D eigenvalue weighted by Gasteiger charge is 2.02. The summed E-state index contributed by atoms with van der Waals surface area (Å²) in [5.74, 6) is 0. The maximum absolute atomic E-state index is 8.61. The first kappa shape index (κ1) is 10.8. The number of hydrogen-bond donors (Lipinski definition) is 4. The average Bonchev–Trinajstić information content (AvgIpc) is 2.05. The third kappa shape index (κ3) is 6.25. The lowest BCUT2D eigenvalue weighted by molar-refractivity contribution is 0.170. The van der Waals surface area contributed by atoms with E-state index < -0.39 is 0 Å². The molecule has 0 spiro atoms. The van der Waals surface area contributed by atoms with Crippen molar-refractivity contribution in [1.82, 2.24) is 5.32 Å². The van der Waals surface area contributed by atoms with E-state index in [2.05, 4.69) is 5.32 Å². The Morgan fingerprint density at radius 2 is 1.64 bits per heavy atom. The van der Waals surface area contributed by atoms with Crippen molar-refractivity contribution in [3.8, 4) is 0 Å². The summed E-state index contributed by atoms with van der Waals surface area (Å²) in [5.41, 5.74) is 0. The SMILES string of the molecule is OCCCCNC(CO)CO. The fourth-order valence-corrected chi connectivity index (χ4v) is 0.730. The van der Waals surface area contributed by atoms with Crippen molar-refractivity contribution >= 4 is 0 Å².